The standard InChI is InChI=1S/C16H10N4O2S6/c17-12(21)9-3-1-7(25-9)6-5-24-16(19-6)28-14-11(20-15(23)27-14)8-2-4-10(26-8)13(18)22/h1-5H,(H2,17,21)(H2,18,22)(H,20,23). The number of nitrogens with two attached hydrogens (primary N) is 2. The third-order valence-corrected chi connectivity index (χ3v) is 9.07. The lowest BCUT2D eigenvalue weighted by atomic mass is 10.3. The van der Waals surface area contributed by atoms with Gasteiger partial charge in [0.2, 0.25) is 0 Å². The van der Waals surface area contributed by atoms with Crippen molar-refractivity contribution >= 4 is 81.1 Å². The molecular formula is C16H10N4O2S6. The summed E-state index contributed by atoms with van der Waals surface area (Å²) in [6, 6.07) is 7.11. The van der Waals surface area contributed by atoms with Gasteiger partial charge in [-0.05, 0) is 48.2 Å². The Morgan fingerprint density at radius 2 is 1.64 bits per heavy atom. The van der Waals surface area contributed by atoms with Gasteiger partial charge in [0.25, 0.3) is 11.8 Å². The first-order valence-corrected chi connectivity index (χ1v) is 12.1. The molecule has 0 bridgehead atoms. The summed E-state index contributed by atoms with van der Waals surface area (Å²) >= 11 is 12.4. The number of amides is 2. The molecule has 4 heterocycles. The third kappa shape index (κ3) is 3.97. The van der Waals surface area contributed by atoms with E-state index in [2.05, 4.69) is 9.97 Å². The van der Waals surface area contributed by atoms with Gasteiger partial charge >= 0.3 is 0 Å². The second-order valence-electron chi connectivity index (χ2n) is 5.33. The Kier molecular flexibility index (Phi) is 5.49. The summed E-state index contributed by atoms with van der Waals surface area (Å²) in [5.74, 6) is -0.890. The van der Waals surface area contributed by atoms with Gasteiger partial charge < -0.3 is 16.5 Å². The van der Waals surface area contributed by atoms with E-state index in [4.69, 9.17) is 23.7 Å². The quantitative estimate of drug-likeness (QED) is 0.332. The van der Waals surface area contributed by atoms with Crippen LogP contribution in [0.4, 0.5) is 0 Å². The van der Waals surface area contributed by atoms with Crippen LogP contribution in [0.15, 0.2) is 38.2 Å². The average Bonchev–Trinajstić information content (AvgIpc) is 3.41. The van der Waals surface area contributed by atoms with E-state index >= 15 is 0 Å². The summed E-state index contributed by atoms with van der Waals surface area (Å²) in [5, 5.41) is 1.95. The molecule has 0 atom stereocenters. The molecule has 5 N–H and O–H groups in total. The predicted octanol–water partition coefficient (Wildman–Crippen LogP) is 5.07. The summed E-state index contributed by atoms with van der Waals surface area (Å²) in [6.07, 6.45) is 0. The molecule has 0 aliphatic rings. The molecule has 28 heavy (non-hydrogen) atoms. The lowest BCUT2D eigenvalue weighted by Crippen LogP contribution is -2.07. The highest BCUT2D eigenvalue weighted by atomic mass is 32.2. The maximum absolute atomic E-state index is 11.4. The number of nitrogens with one attached hydrogen (secondary N) is 1. The highest BCUT2D eigenvalue weighted by molar-refractivity contribution is 8.03. The molecule has 0 aliphatic carbocycles. The molecule has 0 aromatic carbocycles. The van der Waals surface area contributed by atoms with Crippen LogP contribution in [-0.4, -0.2) is 21.8 Å². The van der Waals surface area contributed by atoms with E-state index in [1.54, 1.807) is 12.1 Å². The Balaban J connectivity index is 1.61. The second kappa shape index (κ2) is 7.89. The summed E-state index contributed by atoms with van der Waals surface area (Å²) < 4.78 is 2.46. The number of thiazole rings is 2. The minimum atomic E-state index is -0.449. The fourth-order valence-corrected chi connectivity index (χ4v) is 7.75. The van der Waals surface area contributed by atoms with E-state index in [1.165, 1.54) is 57.1 Å². The van der Waals surface area contributed by atoms with Gasteiger partial charge in [0, 0.05) is 5.38 Å². The van der Waals surface area contributed by atoms with Crippen molar-refractivity contribution in [3.05, 3.63) is 43.4 Å². The molecule has 12 heteroatoms. The summed E-state index contributed by atoms with van der Waals surface area (Å²) in [4.78, 5) is 33.3. The predicted molar refractivity (Wildman–Crippen MR) is 119 cm³/mol. The van der Waals surface area contributed by atoms with Crippen molar-refractivity contribution in [2.75, 3.05) is 0 Å². The number of hydrogen-bond donors (Lipinski definition) is 3. The zero-order chi connectivity index (χ0) is 19.8. The molecule has 0 saturated carbocycles. The van der Waals surface area contributed by atoms with E-state index in [1.807, 2.05) is 17.5 Å². The molecule has 4 rings (SSSR count). The molecule has 0 aliphatic heterocycles. The Hall–Kier alpha value is -1.83. The topological polar surface area (TPSA) is 115 Å². The molecule has 0 radical (unpaired) electrons. The number of aromatic nitrogens is 2. The van der Waals surface area contributed by atoms with Crippen LogP contribution >= 0.6 is 69.3 Å². The molecule has 0 fully saturated rings. The first-order chi connectivity index (χ1) is 13.4. The van der Waals surface area contributed by atoms with Crippen LogP contribution in [0.1, 0.15) is 19.3 Å². The molecule has 4 aromatic rings. The highest BCUT2D eigenvalue weighted by Crippen LogP contribution is 2.43. The third-order valence-electron chi connectivity index (χ3n) is 3.48. The monoisotopic (exact) mass is 482 g/mol. The van der Waals surface area contributed by atoms with Crippen LogP contribution < -0.4 is 11.5 Å². The van der Waals surface area contributed by atoms with Gasteiger partial charge in [-0.3, -0.25) is 9.59 Å². The molecule has 0 unspecified atom stereocenters. The zero-order valence-electron chi connectivity index (χ0n) is 13.8. The molecule has 2 amide bonds. The van der Waals surface area contributed by atoms with Crippen LogP contribution in [0.2, 0.25) is 0 Å². The minimum absolute atomic E-state index is 0.441. The number of carbonyl (C=O) groups excluding carboxylic acids is 2. The Labute approximate surface area is 184 Å². The van der Waals surface area contributed by atoms with Gasteiger partial charge in [-0.1, -0.05) is 11.3 Å². The molecule has 142 valence electrons. The SMILES string of the molecule is NC(=O)c1ccc(-c2csc(Sc3sc(=S)[nH]c3-c3ccc(C(N)=O)s3)n2)s1. The minimum Gasteiger partial charge on any atom is -0.365 e. The summed E-state index contributed by atoms with van der Waals surface area (Å²) in [6.45, 7) is 0. The van der Waals surface area contributed by atoms with Crippen molar-refractivity contribution in [1.82, 2.24) is 9.97 Å². The number of thiophene rings is 2. The van der Waals surface area contributed by atoms with Crippen LogP contribution in [-0.2, 0) is 0 Å². The van der Waals surface area contributed by atoms with E-state index in [0.29, 0.717) is 13.7 Å². The number of nitrogens with zero attached hydrogens (tertiary/aromatic N) is 1. The second-order valence-corrected chi connectivity index (χ2v) is 11.6. The largest absolute Gasteiger partial charge is 0.365 e. The van der Waals surface area contributed by atoms with Gasteiger partial charge in [0.15, 0.2) is 8.29 Å². The van der Waals surface area contributed by atoms with Gasteiger partial charge in [-0.15, -0.1) is 34.0 Å². The van der Waals surface area contributed by atoms with Crippen LogP contribution in [0, 0.1) is 3.95 Å². The fourth-order valence-electron chi connectivity index (χ4n) is 2.26. The first kappa shape index (κ1) is 19.5. The summed E-state index contributed by atoms with van der Waals surface area (Å²) in [7, 11) is 0. The number of aromatic amines is 1. The number of H-pyrrole nitrogens is 1. The van der Waals surface area contributed by atoms with Crippen molar-refractivity contribution in [2.24, 2.45) is 11.5 Å². The number of rotatable bonds is 6. The van der Waals surface area contributed by atoms with E-state index in [0.717, 1.165) is 29.7 Å². The van der Waals surface area contributed by atoms with Crippen LogP contribution in [0.5, 0.6) is 0 Å². The van der Waals surface area contributed by atoms with E-state index in [-0.39, 0.29) is 0 Å². The molecule has 6 nitrogen and oxygen atoms in total. The molecule has 0 saturated heterocycles. The molecular weight excluding hydrogens is 473 g/mol. The van der Waals surface area contributed by atoms with Crippen molar-refractivity contribution in [3.63, 3.8) is 0 Å². The zero-order valence-corrected chi connectivity index (χ0v) is 18.7. The van der Waals surface area contributed by atoms with Crippen molar-refractivity contribution < 1.29 is 9.59 Å². The van der Waals surface area contributed by atoms with Crippen LogP contribution in [0.25, 0.3) is 21.1 Å². The fraction of sp³-hybridized carbons (Fsp3) is 0. The summed E-state index contributed by atoms with van der Waals surface area (Å²) in [5.41, 5.74) is 12.3. The Morgan fingerprint density at radius 3 is 2.29 bits per heavy atom. The molecule has 0 spiro atoms. The number of hydrogen-bond acceptors (Lipinski definition) is 9. The van der Waals surface area contributed by atoms with Crippen LogP contribution in [0.3, 0.4) is 0 Å². The van der Waals surface area contributed by atoms with Gasteiger partial charge in [-0.25, -0.2) is 4.98 Å². The van der Waals surface area contributed by atoms with E-state index < -0.39 is 11.8 Å². The number of primary amides is 2. The normalized spacial score (nSPS) is 11.0. The highest BCUT2D eigenvalue weighted by Gasteiger charge is 2.17. The van der Waals surface area contributed by atoms with Crippen molar-refractivity contribution in [3.8, 4) is 21.1 Å². The Morgan fingerprint density at radius 1 is 1.00 bits per heavy atom. The maximum Gasteiger partial charge on any atom is 0.258 e. The van der Waals surface area contributed by atoms with E-state index in [9.17, 15) is 9.59 Å². The average molecular weight is 483 g/mol. The van der Waals surface area contributed by atoms with Crippen molar-refractivity contribution in [1.29, 1.82) is 0 Å². The smallest absolute Gasteiger partial charge is 0.258 e. The number of carbonyl (C=O) groups is 2. The molecule has 4 aromatic heterocycles. The van der Waals surface area contributed by atoms with Gasteiger partial charge in [0.1, 0.15) is 0 Å². The van der Waals surface area contributed by atoms with Gasteiger partial charge in [0.05, 0.1) is 35.1 Å². The van der Waals surface area contributed by atoms with Gasteiger partial charge in [-0.2, -0.15) is 0 Å². The maximum atomic E-state index is 11.4. The Bertz CT molecular complexity index is 1240. The lowest BCUT2D eigenvalue weighted by Gasteiger charge is -1.98. The first-order valence-electron chi connectivity index (χ1n) is 7.57. The van der Waals surface area contributed by atoms with Crippen molar-refractivity contribution in [2.45, 2.75) is 8.55 Å². The lowest BCUT2D eigenvalue weighted by molar-refractivity contribution is 0.0995.